The average molecular weight is 262 g/mol. The molecule has 0 aliphatic carbocycles. The highest BCUT2D eigenvalue weighted by Gasteiger charge is 2.25. The molecule has 1 atom stereocenters. The summed E-state index contributed by atoms with van der Waals surface area (Å²) < 4.78 is 0. The van der Waals surface area contributed by atoms with Crippen LogP contribution in [-0.4, -0.2) is 48.4 Å². The molecule has 2 rings (SSSR count). The first-order valence-electron chi connectivity index (χ1n) is 6.63. The number of rotatable bonds is 1. The highest BCUT2D eigenvalue weighted by molar-refractivity contribution is 5.96. The van der Waals surface area contributed by atoms with E-state index in [9.17, 15) is 4.79 Å². The molecule has 1 heterocycles. The molecule has 0 spiro atoms. The van der Waals surface area contributed by atoms with Gasteiger partial charge in [0.1, 0.15) is 0 Å². The van der Waals surface area contributed by atoms with Crippen molar-refractivity contribution in [3.8, 4) is 0 Å². The van der Waals surface area contributed by atoms with Gasteiger partial charge >= 0.3 is 0 Å². The third kappa shape index (κ3) is 3.17. The zero-order valence-corrected chi connectivity index (χ0v) is 11.6. The summed E-state index contributed by atoms with van der Waals surface area (Å²) in [6.45, 7) is 4.77. The number of nitrogen functional groups attached to an aromatic ring is 2. The Balaban J connectivity index is 2.22. The van der Waals surface area contributed by atoms with Crippen molar-refractivity contribution >= 4 is 17.3 Å². The smallest absolute Gasteiger partial charge is 0.254 e. The Morgan fingerprint density at radius 1 is 1.21 bits per heavy atom. The van der Waals surface area contributed by atoms with Crippen molar-refractivity contribution in [1.82, 2.24) is 9.80 Å². The molecule has 19 heavy (non-hydrogen) atoms. The second-order valence-corrected chi connectivity index (χ2v) is 5.35. The Labute approximate surface area is 114 Å². The molecule has 1 aromatic rings. The van der Waals surface area contributed by atoms with Crippen LogP contribution < -0.4 is 11.5 Å². The Bertz CT molecular complexity index is 454. The van der Waals surface area contributed by atoms with E-state index in [0.717, 1.165) is 26.1 Å². The summed E-state index contributed by atoms with van der Waals surface area (Å²) >= 11 is 0. The number of anilines is 2. The molecule has 1 fully saturated rings. The maximum Gasteiger partial charge on any atom is 0.254 e. The van der Waals surface area contributed by atoms with E-state index in [2.05, 4.69) is 18.9 Å². The molecule has 1 aliphatic rings. The van der Waals surface area contributed by atoms with Gasteiger partial charge in [0.25, 0.3) is 5.91 Å². The Morgan fingerprint density at radius 3 is 2.47 bits per heavy atom. The lowest BCUT2D eigenvalue weighted by Crippen LogP contribution is -2.42. The average Bonchev–Trinajstić information content (AvgIpc) is 2.48. The van der Waals surface area contributed by atoms with E-state index in [4.69, 9.17) is 11.5 Å². The molecule has 1 aromatic carbocycles. The van der Waals surface area contributed by atoms with Crippen LogP contribution in [0.2, 0.25) is 0 Å². The van der Waals surface area contributed by atoms with Gasteiger partial charge in [0.2, 0.25) is 0 Å². The number of hydrogen-bond donors (Lipinski definition) is 2. The van der Waals surface area contributed by atoms with Gasteiger partial charge in [-0.1, -0.05) is 0 Å². The molecule has 4 N–H and O–H groups in total. The Hall–Kier alpha value is -1.75. The normalized spacial score (nSPS) is 21.2. The standard InChI is InChI=1S/C14H22N4O/c1-10-9-17(2)4-3-5-18(10)14(19)11-6-12(15)8-13(16)7-11/h6-8,10H,3-5,9,15-16H2,1-2H3. The second kappa shape index (κ2) is 5.48. The van der Waals surface area contributed by atoms with Crippen LogP contribution in [0.25, 0.3) is 0 Å². The summed E-state index contributed by atoms with van der Waals surface area (Å²) in [5.41, 5.74) is 13.1. The van der Waals surface area contributed by atoms with Gasteiger partial charge in [-0.15, -0.1) is 0 Å². The molecule has 0 bridgehead atoms. The van der Waals surface area contributed by atoms with Gasteiger partial charge in [0, 0.05) is 36.1 Å². The molecular weight excluding hydrogens is 240 g/mol. The number of carbonyl (C=O) groups is 1. The van der Waals surface area contributed by atoms with E-state index in [1.165, 1.54) is 0 Å². The zero-order valence-electron chi connectivity index (χ0n) is 11.6. The van der Waals surface area contributed by atoms with Crippen molar-refractivity contribution in [3.63, 3.8) is 0 Å². The summed E-state index contributed by atoms with van der Waals surface area (Å²) in [5.74, 6) is 0.0156. The second-order valence-electron chi connectivity index (χ2n) is 5.35. The van der Waals surface area contributed by atoms with Crippen LogP contribution in [0.15, 0.2) is 18.2 Å². The van der Waals surface area contributed by atoms with Gasteiger partial charge in [0.05, 0.1) is 0 Å². The lowest BCUT2D eigenvalue weighted by Gasteiger charge is -2.28. The van der Waals surface area contributed by atoms with Gasteiger partial charge in [-0.3, -0.25) is 4.79 Å². The predicted molar refractivity (Wildman–Crippen MR) is 77.9 cm³/mol. The molecule has 0 saturated carbocycles. The molecule has 1 unspecified atom stereocenters. The summed E-state index contributed by atoms with van der Waals surface area (Å²) in [4.78, 5) is 16.7. The van der Waals surface area contributed by atoms with Crippen molar-refractivity contribution in [2.75, 3.05) is 38.1 Å². The van der Waals surface area contributed by atoms with Crippen LogP contribution in [0.4, 0.5) is 11.4 Å². The Kier molecular flexibility index (Phi) is 3.95. The molecular formula is C14H22N4O. The van der Waals surface area contributed by atoms with Crippen molar-refractivity contribution in [3.05, 3.63) is 23.8 Å². The van der Waals surface area contributed by atoms with Crippen molar-refractivity contribution in [1.29, 1.82) is 0 Å². The summed E-state index contributed by atoms with van der Waals surface area (Å²) in [7, 11) is 2.09. The minimum atomic E-state index is 0.0156. The number of hydrogen-bond acceptors (Lipinski definition) is 4. The van der Waals surface area contributed by atoms with E-state index in [1.807, 2.05) is 4.90 Å². The maximum absolute atomic E-state index is 12.6. The first kappa shape index (κ1) is 13.7. The van der Waals surface area contributed by atoms with Crippen LogP contribution in [0.1, 0.15) is 23.7 Å². The molecule has 0 radical (unpaired) electrons. The number of nitrogens with two attached hydrogens (primary N) is 2. The van der Waals surface area contributed by atoms with Gasteiger partial charge < -0.3 is 21.3 Å². The van der Waals surface area contributed by atoms with Gasteiger partial charge in [0.15, 0.2) is 0 Å². The summed E-state index contributed by atoms with van der Waals surface area (Å²) in [5, 5.41) is 0. The van der Waals surface area contributed by atoms with Crippen LogP contribution in [0.5, 0.6) is 0 Å². The third-order valence-electron chi connectivity index (χ3n) is 3.53. The maximum atomic E-state index is 12.6. The van der Waals surface area contributed by atoms with Gasteiger partial charge in [-0.25, -0.2) is 0 Å². The largest absolute Gasteiger partial charge is 0.399 e. The number of amides is 1. The molecule has 104 valence electrons. The van der Waals surface area contributed by atoms with E-state index < -0.39 is 0 Å². The first-order chi connectivity index (χ1) is 8.97. The summed E-state index contributed by atoms with van der Waals surface area (Å²) in [6.07, 6.45) is 0.990. The molecule has 5 nitrogen and oxygen atoms in total. The molecule has 5 heteroatoms. The van der Waals surface area contributed by atoms with E-state index in [1.54, 1.807) is 18.2 Å². The molecule has 1 aliphatic heterocycles. The SMILES string of the molecule is CC1CN(C)CCCN1C(=O)c1cc(N)cc(N)c1. The number of likely N-dealkylation sites (N-methyl/N-ethyl adjacent to an activating group) is 1. The predicted octanol–water partition coefficient (Wildman–Crippen LogP) is 1.02. The number of carbonyl (C=O) groups excluding carboxylic acids is 1. The minimum absolute atomic E-state index is 0.0156. The van der Waals surface area contributed by atoms with Gasteiger partial charge in [-0.2, -0.15) is 0 Å². The lowest BCUT2D eigenvalue weighted by atomic mass is 10.1. The van der Waals surface area contributed by atoms with E-state index >= 15 is 0 Å². The third-order valence-corrected chi connectivity index (χ3v) is 3.53. The first-order valence-corrected chi connectivity index (χ1v) is 6.63. The fourth-order valence-corrected chi connectivity index (χ4v) is 2.64. The fourth-order valence-electron chi connectivity index (χ4n) is 2.64. The van der Waals surface area contributed by atoms with Crippen LogP contribution in [-0.2, 0) is 0 Å². The fraction of sp³-hybridized carbons (Fsp3) is 0.500. The van der Waals surface area contributed by atoms with Crippen molar-refractivity contribution in [2.45, 2.75) is 19.4 Å². The van der Waals surface area contributed by atoms with Crippen molar-refractivity contribution in [2.24, 2.45) is 0 Å². The minimum Gasteiger partial charge on any atom is -0.399 e. The zero-order chi connectivity index (χ0) is 14.0. The molecule has 0 aromatic heterocycles. The monoisotopic (exact) mass is 262 g/mol. The van der Waals surface area contributed by atoms with Crippen LogP contribution in [0, 0.1) is 0 Å². The van der Waals surface area contributed by atoms with Crippen molar-refractivity contribution < 1.29 is 4.79 Å². The summed E-state index contributed by atoms with van der Waals surface area (Å²) in [6, 6.07) is 5.25. The van der Waals surface area contributed by atoms with Crippen LogP contribution in [0.3, 0.4) is 0 Å². The number of benzene rings is 1. The Morgan fingerprint density at radius 2 is 1.84 bits per heavy atom. The highest BCUT2D eigenvalue weighted by Crippen LogP contribution is 2.18. The topological polar surface area (TPSA) is 75.6 Å². The lowest BCUT2D eigenvalue weighted by molar-refractivity contribution is 0.0696. The molecule has 1 saturated heterocycles. The van der Waals surface area contributed by atoms with Crippen LogP contribution >= 0.6 is 0 Å². The van der Waals surface area contributed by atoms with E-state index in [0.29, 0.717) is 16.9 Å². The van der Waals surface area contributed by atoms with E-state index in [-0.39, 0.29) is 11.9 Å². The quantitative estimate of drug-likeness (QED) is 0.741. The number of nitrogens with zero attached hydrogens (tertiary/aromatic N) is 2. The molecule has 1 amide bonds. The van der Waals surface area contributed by atoms with Gasteiger partial charge in [-0.05, 0) is 45.1 Å². The highest BCUT2D eigenvalue weighted by atomic mass is 16.2.